The zero-order chi connectivity index (χ0) is 17.3. The molecular weight excluding hydrogens is 304 g/mol. The summed E-state index contributed by atoms with van der Waals surface area (Å²) in [6, 6.07) is 12.5. The highest BCUT2D eigenvalue weighted by Crippen LogP contribution is 2.37. The number of anilines is 2. The molecule has 5 nitrogen and oxygen atoms in total. The van der Waals surface area contributed by atoms with Gasteiger partial charge in [-0.25, -0.2) is 0 Å². The Hall–Kier alpha value is -2.82. The molecule has 5 heteroatoms. The van der Waals surface area contributed by atoms with Crippen molar-refractivity contribution in [2.24, 2.45) is 0 Å². The molecule has 0 aromatic heterocycles. The second kappa shape index (κ2) is 6.00. The van der Waals surface area contributed by atoms with E-state index < -0.39 is 5.41 Å². The van der Waals surface area contributed by atoms with Crippen LogP contribution in [-0.2, 0) is 10.2 Å². The fourth-order valence-corrected chi connectivity index (χ4v) is 2.74. The number of rotatable bonds is 4. The second-order valence-electron chi connectivity index (χ2n) is 6.25. The van der Waals surface area contributed by atoms with Crippen LogP contribution in [0.5, 0.6) is 5.75 Å². The van der Waals surface area contributed by atoms with E-state index in [2.05, 4.69) is 10.6 Å². The minimum absolute atomic E-state index is 0.0541. The predicted molar refractivity (Wildman–Crippen MR) is 93.7 cm³/mol. The van der Waals surface area contributed by atoms with Crippen LogP contribution in [0.4, 0.5) is 11.4 Å². The van der Waals surface area contributed by atoms with Crippen molar-refractivity contribution < 1.29 is 14.3 Å². The number of nitrogens with one attached hydrogen (secondary N) is 2. The topological polar surface area (TPSA) is 67.4 Å². The van der Waals surface area contributed by atoms with Crippen LogP contribution >= 0.6 is 0 Å². The standard InChI is InChI=1S/C19H20N2O3/c1-4-24-14-8-6-13(7-9-14)20-17(22)12-5-10-15-16(11-12)21-18(23)19(15,2)3/h5-11H,4H2,1-3H3,(H,20,22)(H,21,23). The van der Waals surface area contributed by atoms with Gasteiger partial charge in [0.1, 0.15) is 5.75 Å². The van der Waals surface area contributed by atoms with Crippen molar-refractivity contribution in [3.63, 3.8) is 0 Å². The molecule has 0 aliphatic carbocycles. The molecule has 1 aliphatic rings. The highest BCUT2D eigenvalue weighted by Gasteiger charge is 2.38. The normalized spacial score (nSPS) is 14.7. The number of amides is 2. The van der Waals surface area contributed by atoms with Crippen molar-refractivity contribution in [1.82, 2.24) is 0 Å². The van der Waals surface area contributed by atoms with E-state index in [1.165, 1.54) is 0 Å². The smallest absolute Gasteiger partial charge is 0.255 e. The Balaban J connectivity index is 1.77. The maximum atomic E-state index is 12.4. The summed E-state index contributed by atoms with van der Waals surface area (Å²) in [6.45, 7) is 6.26. The van der Waals surface area contributed by atoms with Gasteiger partial charge in [-0.2, -0.15) is 0 Å². The van der Waals surface area contributed by atoms with Crippen molar-refractivity contribution in [2.45, 2.75) is 26.2 Å². The second-order valence-corrected chi connectivity index (χ2v) is 6.25. The highest BCUT2D eigenvalue weighted by atomic mass is 16.5. The molecule has 0 saturated heterocycles. The van der Waals surface area contributed by atoms with Crippen LogP contribution in [0, 0.1) is 0 Å². The summed E-state index contributed by atoms with van der Waals surface area (Å²) in [5.74, 6) is 0.487. The molecular formula is C19H20N2O3. The molecule has 0 radical (unpaired) electrons. The van der Waals surface area contributed by atoms with Crippen molar-refractivity contribution in [3.05, 3.63) is 53.6 Å². The van der Waals surface area contributed by atoms with Crippen LogP contribution < -0.4 is 15.4 Å². The minimum atomic E-state index is -0.570. The van der Waals surface area contributed by atoms with Gasteiger partial charge in [0, 0.05) is 16.9 Å². The number of hydrogen-bond donors (Lipinski definition) is 2. The summed E-state index contributed by atoms with van der Waals surface area (Å²) in [5, 5.41) is 5.68. The van der Waals surface area contributed by atoms with Gasteiger partial charge in [-0.3, -0.25) is 9.59 Å². The molecule has 0 atom stereocenters. The predicted octanol–water partition coefficient (Wildman–Crippen LogP) is 3.57. The van der Waals surface area contributed by atoms with Crippen molar-refractivity contribution >= 4 is 23.2 Å². The van der Waals surface area contributed by atoms with Gasteiger partial charge >= 0.3 is 0 Å². The summed E-state index contributed by atoms with van der Waals surface area (Å²) < 4.78 is 5.38. The maximum Gasteiger partial charge on any atom is 0.255 e. The molecule has 124 valence electrons. The zero-order valence-electron chi connectivity index (χ0n) is 14.0. The molecule has 2 N–H and O–H groups in total. The van der Waals surface area contributed by atoms with Gasteiger partial charge in [-0.15, -0.1) is 0 Å². The van der Waals surface area contributed by atoms with Gasteiger partial charge in [0.15, 0.2) is 0 Å². The first-order chi connectivity index (χ1) is 11.4. The molecule has 0 bridgehead atoms. The molecule has 1 heterocycles. The van der Waals surface area contributed by atoms with E-state index in [1.54, 1.807) is 24.3 Å². The van der Waals surface area contributed by atoms with Crippen LogP contribution in [0.1, 0.15) is 36.7 Å². The molecule has 0 saturated carbocycles. The van der Waals surface area contributed by atoms with Crippen LogP contribution in [0.3, 0.4) is 0 Å². The average Bonchev–Trinajstić information content (AvgIpc) is 2.78. The van der Waals surface area contributed by atoms with Gasteiger partial charge in [-0.1, -0.05) is 6.07 Å². The Morgan fingerprint density at radius 3 is 2.54 bits per heavy atom. The monoisotopic (exact) mass is 324 g/mol. The van der Waals surface area contributed by atoms with E-state index in [4.69, 9.17) is 4.74 Å². The van der Waals surface area contributed by atoms with Gasteiger partial charge in [0.25, 0.3) is 5.91 Å². The van der Waals surface area contributed by atoms with Crippen molar-refractivity contribution in [1.29, 1.82) is 0 Å². The van der Waals surface area contributed by atoms with E-state index >= 15 is 0 Å². The summed E-state index contributed by atoms with van der Waals surface area (Å²) in [4.78, 5) is 24.4. The summed E-state index contributed by atoms with van der Waals surface area (Å²) >= 11 is 0. The quantitative estimate of drug-likeness (QED) is 0.903. The van der Waals surface area contributed by atoms with Gasteiger partial charge < -0.3 is 15.4 Å². The Kier molecular flexibility index (Phi) is 4.01. The highest BCUT2D eigenvalue weighted by molar-refractivity contribution is 6.09. The largest absolute Gasteiger partial charge is 0.494 e. The van der Waals surface area contributed by atoms with E-state index in [0.29, 0.717) is 23.5 Å². The third kappa shape index (κ3) is 2.85. The van der Waals surface area contributed by atoms with Crippen LogP contribution in [0.2, 0.25) is 0 Å². The summed E-state index contributed by atoms with van der Waals surface area (Å²) in [6.07, 6.45) is 0. The van der Waals surface area contributed by atoms with Gasteiger partial charge in [0.05, 0.1) is 12.0 Å². The lowest BCUT2D eigenvalue weighted by Crippen LogP contribution is -2.26. The van der Waals surface area contributed by atoms with Crippen molar-refractivity contribution in [2.75, 3.05) is 17.2 Å². The summed E-state index contributed by atoms with van der Waals surface area (Å²) in [5.41, 5.74) is 2.22. The van der Waals surface area contributed by atoms with E-state index in [0.717, 1.165) is 11.3 Å². The third-order valence-electron chi connectivity index (χ3n) is 4.19. The third-order valence-corrected chi connectivity index (χ3v) is 4.19. The Morgan fingerprint density at radius 2 is 1.88 bits per heavy atom. The lowest BCUT2D eigenvalue weighted by atomic mass is 9.86. The molecule has 2 aromatic carbocycles. The molecule has 2 aromatic rings. The lowest BCUT2D eigenvalue weighted by molar-refractivity contribution is -0.119. The van der Waals surface area contributed by atoms with Gasteiger partial charge in [0.2, 0.25) is 5.91 Å². The Labute approximate surface area is 141 Å². The molecule has 2 amide bonds. The van der Waals surface area contributed by atoms with E-state index in [1.807, 2.05) is 39.0 Å². The van der Waals surface area contributed by atoms with Gasteiger partial charge in [-0.05, 0) is 62.7 Å². The molecule has 1 aliphatic heterocycles. The van der Waals surface area contributed by atoms with Crippen LogP contribution in [-0.4, -0.2) is 18.4 Å². The van der Waals surface area contributed by atoms with E-state index in [9.17, 15) is 9.59 Å². The number of carbonyl (C=O) groups is 2. The summed E-state index contributed by atoms with van der Waals surface area (Å²) in [7, 11) is 0. The lowest BCUT2D eigenvalue weighted by Gasteiger charge is -2.15. The van der Waals surface area contributed by atoms with Crippen LogP contribution in [0.25, 0.3) is 0 Å². The minimum Gasteiger partial charge on any atom is -0.494 e. The van der Waals surface area contributed by atoms with Crippen molar-refractivity contribution in [3.8, 4) is 5.75 Å². The number of ether oxygens (including phenoxy) is 1. The molecule has 0 unspecified atom stereocenters. The number of carbonyl (C=O) groups excluding carboxylic acids is 2. The molecule has 3 rings (SSSR count). The van der Waals surface area contributed by atoms with E-state index in [-0.39, 0.29) is 11.8 Å². The fraction of sp³-hybridized carbons (Fsp3) is 0.263. The maximum absolute atomic E-state index is 12.4. The first kappa shape index (κ1) is 16.1. The zero-order valence-corrected chi connectivity index (χ0v) is 14.0. The fourth-order valence-electron chi connectivity index (χ4n) is 2.74. The Bertz CT molecular complexity index is 795. The number of hydrogen-bond acceptors (Lipinski definition) is 3. The molecule has 0 spiro atoms. The molecule has 24 heavy (non-hydrogen) atoms. The number of benzene rings is 2. The first-order valence-electron chi connectivity index (χ1n) is 7.92. The average molecular weight is 324 g/mol. The SMILES string of the molecule is CCOc1ccc(NC(=O)c2ccc3c(c2)NC(=O)C3(C)C)cc1. The Morgan fingerprint density at radius 1 is 1.17 bits per heavy atom. The first-order valence-corrected chi connectivity index (χ1v) is 7.92. The molecule has 0 fully saturated rings. The number of fused-ring (bicyclic) bond motifs is 1. The van der Waals surface area contributed by atoms with Crippen LogP contribution in [0.15, 0.2) is 42.5 Å².